The van der Waals surface area contributed by atoms with Crippen molar-refractivity contribution in [3.63, 3.8) is 0 Å². The first-order valence-electron chi connectivity index (χ1n) is 10.4. The van der Waals surface area contributed by atoms with Crippen LogP contribution in [0.5, 0.6) is 0 Å². The lowest BCUT2D eigenvalue weighted by molar-refractivity contribution is 0.0205. The van der Waals surface area contributed by atoms with E-state index in [1.165, 1.54) is 36.0 Å². The zero-order chi connectivity index (χ0) is 19.4. The van der Waals surface area contributed by atoms with Crippen LogP contribution in [-0.2, 0) is 4.74 Å². The number of nitrogens with zero attached hydrogens (tertiary/aromatic N) is 1. The Balaban J connectivity index is 1.67. The quantitative estimate of drug-likeness (QED) is 0.676. The molecule has 1 saturated heterocycles. The second-order valence-corrected chi connectivity index (χ2v) is 8.92. The largest absolute Gasteiger partial charge is 0.444 e. The molecule has 0 saturated carbocycles. The number of rotatable bonds is 2. The molecule has 1 aromatic rings. The number of benzene rings is 1. The Morgan fingerprint density at radius 1 is 1.15 bits per heavy atom. The molecule has 1 aliphatic carbocycles. The number of carbonyl (C=O) groups excluding carboxylic acids is 1. The summed E-state index contributed by atoms with van der Waals surface area (Å²) in [5.41, 5.74) is 10.8. The maximum atomic E-state index is 12.3. The van der Waals surface area contributed by atoms with Gasteiger partial charge in [-0.05, 0) is 88.5 Å². The highest BCUT2D eigenvalue weighted by atomic mass is 16.6. The lowest BCUT2D eigenvalue weighted by atomic mass is 9.87. The van der Waals surface area contributed by atoms with E-state index in [0.29, 0.717) is 5.92 Å². The summed E-state index contributed by atoms with van der Waals surface area (Å²) in [6, 6.07) is 6.54. The molecule has 0 aromatic heterocycles. The summed E-state index contributed by atoms with van der Waals surface area (Å²) in [5, 5.41) is 0. The molecule has 1 aliphatic heterocycles. The van der Waals surface area contributed by atoms with E-state index in [9.17, 15) is 4.79 Å². The molecular formula is C23H34N2O2. The Morgan fingerprint density at radius 3 is 2.59 bits per heavy atom. The van der Waals surface area contributed by atoms with Crippen LogP contribution in [0.15, 0.2) is 24.3 Å². The normalized spacial score (nSPS) is 19.4. The molecule has 27 heavy (non-hydrogen) atoms. The first-order chi connectivity index (χ1) is 12.8. The molecule has 1 amide bonds. The zero-order valence-electron chi connectivity index (χ0n) is 17.1. The number of allylic oxidation sites excluding steroid dienone is 2. The van der Waals surface area contributed by atoms with Crippen LogP contribution >= 0.6 is 0 Å². The molecule has 2 N–H and O–H groups in total. The number of nitrogens with two attached hydrogens (primary N) is 1. The van der Waals surface area contributed by atoms with Crippen molar-refractivity contribution in [3.05, 3.63) is 35.4 Å². The van der Waals surface area contributed by atoms with E-state index in [0.717, 1.165) is 44.5 Å². The third-order valence-corrected chi connectivity index (χ3v) is 5.58. The van der Waals surface area contributed by atoms with Gasteiger partial charge in [-0.15, -0.1) is 0 Å². The molecule has 4 nitrogen and oxygen atoms in total. The van der Waals surface area contributed by atoms with Gasteiger partial charge < -0.3 is 15.4 Å². The van der Waals surface area contributed by atoms with Gasteiger partial charge in [-0.2, -0.15) is 0 Å². The topological polar surface area (TPSA) is 55.6 Å². The van der Waals surface area contributed by atoms with Gasteiger partial charge in [-0.25, -0.2) is 4.79 Å². The molecule has 2 aliphatic rings. The summed E-state index contributed by atoms with van der Waals surface area (Å²) in [7, 11) is 0. The number of hydrogen-bond acceptors (Lipinski definition) is 3. The van der Waals surface area contributed by atoms with Gasteiger partial charge in [0.05, 0.1) is 0 Å². The average Bonchev–Trinajstić information content (AvgIpc) is 2.90. The molecule has 0 atom stereocenters. The highest BCUT2D eigenvalue weighted by molar-refractivity contribution is 5.76. The molecule has 148 valence electrons. The molecule has 0 bridgehead atoms. The SMILES string of the molecule is CC(C)(C)OC(=O)N1CCC(c2ccc(N)c(C3=CCCCCC3)c2)CC1. The van der Waals surface area contributed by atoms with Crippen molar-refractivity contribution in [2.75, 3.05) is 18.8 Å². The number of likely N-dealkylation sites (tertiary alicyclic amines) is 1. The third-order valence-electron chi connectivity index (χ3n) is 5.58. The summed E-state index contributed by atoms with van der Waals surface area (Å²) in [4.78, 5) is 14.1. The van der Waals surface area contributed by atoms with E-state index in [1.54, 1.807) is 0 Å². The Kier molecular flexibility index (Phi) is 6.13. The van der Waals surface area contributed by atoms with Crippen molar-refractivity contribution >= 4 is 17.4 Å². The predicted molar refractivity (Wildman–Crippen MR) is 112 cm³/mol. The van der Waals surface area contributed by atoms with Gasteiger partial charge in [0.1, 0.15) is 5.60 Å². The van der Waals surface area contributed by atoms with Crippen LogP contribution in [0.4, 0.5) is 10.5 Å². The second-order valence-electron chi connectivity index (χ2n) is 8.92. The standard InChI is InChI=1S/C23H34N2O2/c1-23(2,3)27-22(26)25-14-12-17(13-15-25)19-10-11-21(24)20(16-19)18-8-6-4-5-7-9-18/h8,10-11,16-17H,4-7,9,12-15,24H2,1-3H3. The molecular weight excluding hydrogens is 336 g/mol. The number of ether oxygens (including phenoxy) is 1. The predicted octanol–water partition coefficient (Wildman–Crippen LogP) is 5.73. The Bertz CT molecular complexity index is 695. The van der Waals surface area contributed by atoms with Crippen LogP contribution in [0.3, 0.4) is 0 Å². The minimum atomic E-state index is -0.438. The molecule has 0 radical (unpaired) electrons. The van der Waals surface area contributed by atoms with Gasteiger partial charge >= 0.3 is 6.09 Å². The van der Waals surface area contributed by atoms with Crippen LogP contribution in [0.25, 0.3) is 5.57 Å². The van der Waals surface area contributed by atoms with Crippen molar-refractivity contribution in [1.29, 1.82) is 0 Å². The highest BCUT2D eigenvalue weighted by Crippen LogP contribution is 2.35. The zero-order valence-corrected chi connectivity index (χ0v) is 17.1. The molecule has 0 spiro atoms. The van der Waals surface area contributed by atoms with Crippen molar-refractivity contribution in [1.82, 2.24) is 4.90 Å². The van der Waals surface area contributed by atoms with E-state index in [1.807, 2.05) is 25.7 Å². The van der Waals surface area contributed by atoms with Crippen molar-refractivity contribution in [3.8, 4) is 0 Å². The number of nitrogen functional groups attached to an aromatic ring is 1. The van der Waals surface area contributed by atoms with E-state index < -0.39 is 5.60 Å². The minimum Gasteiger partial charge on any atom is -0.444 e. The van der Waals surface area contributed by atoms with Crippen molar-refractivity contribution in [2.45, 2.75) is 77.2 Å². The van der Waals surface area contributed by atoms with Gasteiger partial charge in [-0.3, -0.25) is 0 Å². The van der Waals surface area contributed by atoms with Gasteiger partial charge in [0.25, 0.3) is 0 Å². The summed E-state index contributed by atoms with van der Waals surface area (Å²) in [6.45, 7) is 7.24. The monoisotopic (exact) mass is 370 g/mol. The van der Waals surface area contributed by atoms with Crippen LogP contribution < -0.4 is 5.73 Å². The van der Waals surface area contributed by atoms with Crippen molar-refractivity contribution in [2.24, 2.45) is 0 Å². The minimum absolute atomic E-state index is 0.192. The second kappa shape index (κ2) is 8.37. The molecule has 4 heteroatoms. The molecule has 1 fully saturated rings. The summed E-state index contributed by atoms with van der Waals surface area (Å²) >= 11 is 0. The molecule has 1 heterocycles. The summed E-state index contributed by atoms with van der Waals surface area (Å²) < 4.78 is 5.51. The maximum absolute atomic E-state index is 12.3. The third kappa shape index (κ3) is 5.27. The van der Waals surface area contributed by atoms with Crippen LogP contribution in [0.1, 0.15) is 82.8 Å². The van der Waals surface area contributed by atoms with Crippen LogP contribution in [-0.4, -0.2) is 29.7 Å². The summed E-state index contributed by atoms with van der Waals surface area (Å²) in [5.74, 6) is 0.481. The number of hydrogen-bond donors (Lipinski definition) is 1. The fourth-order valence-electron chi connectivity index (χ4n) is 4.09. The maximum Gasteiger partial charge on any atom is 0.410 e. The van der Waals surface area contributed by atoms with Crippen molar-refractivity contribution < 1.29 is 9.53 Å². The number of amides is 1. The highest BCUT2D eigenvalue weighted by Gasteiger charge is 2.27. The van der Waals surface area contributed by atoms with Crippen LogP contribution in [0, 0.1) is 0 Å². The van der Waals surface area contributed by atoms with Crippen LogP contribution in [0.2, 0.25) is 0 Å². The Hall–Kier alpha value is -1.97. The lowest BCUT2D eigenvalue weighted by Gasteiger charge is -2.33. The Morgan fingerprint density at radius 2 is 1.89 bits per heavy atom. The number of anilines is 1. The molecule has 0 unspecified atom stereocenters. The fourth-order valence-corrected chi connectivity index (χ4v) is 4.09. The number of piperidine rings is 1. The first kappa shape index (κ1) is 19.8. The van der Waals surface area contributed by atoms with Gasteiger partial charge in [0, 0.05) is 24.3 Å². The van der Waals surface area contributed by atoms with E-state index in [-0.39, 0.29) is 6.09 Å². The smallest absolute Gasteiger partial charge is 0.410 e. The molecule has 3 rings (SSSR count). The molecule has 1 aromatic carbocycles. The van der Waals surface area contributed by atoms with E-state index in [4.69, 9.17) is 10.5 Å². The summed E-state index contributed by atoms with van der Waals surface area (Å²) in [6.07, 6.45) is 10.3. The fraction of sp³-hybridized carbons (Fsp3) is 0.609. The van der Waals surface area contributed by atoms with Gasteiger partial charge in [0.15, 0.2) is 0 Å². The Labute approximate surface area is 163 Å². The van der Waals surface area contributed by atoms with E-state index in [2.05, 4.69) is 24.3 Å². The lowest BCUT2D eigenvalue weighted by Crippen LogP contribution is -2.41. The van der Waals surface area contributed by atoms with Gasteiger partial charge in [0.2, 0.25) is 0 Å². The number of carbonyl (C=O) groups is 1. The van der Waals surface area contributed by atoms with E-state index >= 15 is 0 Å². The average molecular weight is 371 g/mol. The first-order valence-corrected chi connectivity index (χ1v) is 10.4. The van der Waals surface area contributed by atoms with Gasteiger partial charge in [-0.1, -0.05) is 18.6 Å².